The smallest absolute Gasteiger partial charge is 0.229 e. The molecule has 1 heterocycles. The molecule has 3 nitrogen and oxygen atoms in total. The van der Waals surface area contributed by atoms with Gasteiger partial charge in [-0.2, -0.15) is 0 Å². The van der Waals surface area contributed by atoms with Gasteiger partial charge in [0.25, 0.3) is 0 Å². The second kappa shape index (κ2) is 9.13. The van der Waals surface area contributed by atoms with Crippen LogP contribution in [-0.2, 0) is 4.79 Å². The summed E-state index contributed by atoms with van der Waals surface area (Å²) >= 11 is 0. The van der Waals surface area contributed by atoms with Crippen molar-refractivity contribution in [2.75, 3.05) is 19.7 Å². The second-order valence-electron chi connectivity index (χ2n) is 8.84. The predicted octanol–water partition coefficient (Wildman–Crippen LogP) is 5.00. The summed E-state index contributed by atoms with van der Waals surface area (Å²) in [6, 6.07) is 21.3. The first-order valence-electron chi connectivity index (χ1n) is 11.2. The molecule has 1 amide bonds. The Hall–Kier alpha value is -2.13. The van der Waals surface area contributed by atoms with E-state index in [4.69, 9.17) is 0 Å². The van der Waals surface area contributed by atoms with E-state index in [1.165, 1.54) is 11.1 Å². The van der Waals surface area contributed by atoms with E-state index in [2.05, 4.69) is 65.6 Å². The summed E-state index contributed by atoms with van der Waals surface area (Å²) in [5, 5.41) is 9.96. The summed E-state index contributed by atoms with van der Waals surface area (Å²) in [7, 11) is 0. The van der Waals surface area contributed by atoms with Crippen LogP contribution in [0.3, 0.4) is 0 Å². The molecule has 1 aliphatic carbocycles. The number of hydrogen-bond acceptors (Lipinski definition) is 2. The Bertz CT molecular complexity index is 747. The highest BCUT2D eigenvalue weighted by Crippen LogP contribution is 2.48. The molecular formula is C26H33NO2. The van der Waals surface area contributed by atoms with E-state index < -0.39 is 0 Å². The van der Waals surface area contributed by atoms with E-state index in [-0.39, 0.29) is 17.9 Å². The Kier molecular flexibility index (Phi) is 6.34. The SMILES string of the molecule is O=C1N(CCC(c2ccccc2)c2ccccc2)CCC[C@@]12CCCC[C@H]2CO. The lowest BCUT2D eigenvalue weighted by Gasteiger charge is -2.48. The Morgan fingerprint density at radius 3 is 2.17 bits per heavy atom. The van der Waals surface area contributed by atoms with E-state index in [0.717, 1.165) is 58.0 Å². The average Bonchev–Trinajstić information content (AvgIpc) is 2.78. The molecule has 29 heavy (non-hydrogen) atoms. The van der Waals surface area contributed by atoms with Crippen LogP contribution in [0.15, 0.2) is 60.7 Å². The molecule has 2 aliphatic rings. The lowest BCUT2D eigenvalue weighted by Crippen LogP contribution is -2.54. The zero-order chi connectivity index (χ0) is 20.1. The molecule has 0 aromatic heterocycles. The Morgan fingerprint density at radius 1 is 0.931 bits per heavy atom. The first kappa shape index (κ1) is 20.2. The lowest BCUT2D eigenvalue weighted by atomic mass is 9.62. The highest BCUT2D eigenvalue weighted by Gasteiger charge is 2.49. The minimum absolute atomic E-state index is 0.144. The molecule has 2 atom stereocenters. The highest BCUT2D eigenvalue weighted by molar-refractivity contribution is 5.84. The van der Waals surface area contributed by atoms with Crippen LogP contribution in [0.4, 0.5) is 0 Å². The monoisotopic (exact) mass is 391 g/mol. The first-order valence-corrected chi connectivity index (χ1v) is 11.2. The van der Waals surface area contributed by atoms with Crippen molar-refractivity contribution in [3.63, 3.8) is 0 Å². The van der Waals surface area contributed by atoms with Gasteiger partial charge in [0.1, 0.15) is 0 Å². The van der Waals surface area contributed by atoms with Gasteiger partial charge in [-0.3, -0.25) is 4.79 Å². The number of likely N-dealkylation sites (tertiary alicyclic amines) is 1. The maximum Gasteiger partial charge on any atom is 0.229 e. The van der Waals surface area contributed by atoms with Gasteiger partial charge in [0, 0.05) is 25.6 Å². The number of nitrogens with zero attached hydrogens (tertiary/aromatic N) is 1. The highest BCUT2D eigenvalue weighted by atomic mass is 16.3. The molecule has 2 aromatic rings. The van der Waals surface area contributed by atoms with Gasteiger partial charge < -0.3 is 10.0 Å². The predicted molar refractivity (Wildman–Crippen MR) is 117 cm³/mol. The average molecular weight is 392 g/mol. The van der Waals surface area contributed by atoms with Crippen LogP contribution in [-0.4, -0.2) is 35.6 Å². The number of amides is 1. The zero-order valence-electron chi connectivity index (χ0n) is 17.3. The summed E-state index contributed by atoms with van der Waals surface area (Å²) in [5.74, 6) is 0.746. The molecule has 1 saturated carbocycles. The summed E-state index contributed by atoms with van der Waals surface area (Å²) < 4.78 is 0. The number of carbonyl (C=O) groups is 1. The molecule has 0 bridgehead atoms. The molecule has 1 N–H and O–H groups in total. The van der Waals surface area contributed by atoms with E-state index in [1.54, 1.807) is 0 Å². The van der Waals surface area contributed by atoms with Crippen molar-refractivity contribution >= 4 is 5.91 Å². The van der Waals surface area contributed by atoms with Gasteiger partial charge in [0.15, 0.2) is 0 Å². The van der Waals surface area contributed by atoms with Gasteiger partial charge in [-0.15, -0.1) is 0 Å². The molecule has 0 radical (unpaired) electrons. The zero-order valence-corrected chi connectivity index (χ0v) is 17.3. The standard InChI is InChI=1S/C26H33NO2/c28-20-23-14-7-8-16-26(23)17-9-18-27(25(26)29)19-15-24(21-10-3-1-4-11-21)22-12-5-2-6-13-22/h1-6,10-13,23-24,28H,7-9,14-20H2/t23-,26+/m0/s1. The Labute approximate surface area is 174 Å². The number of benzene rings is 2. The van der Waals surface area contributed by atoms with Crippen molar-refractivity contribution in [3.8, 4) is 0 Å². The van der Waals surface area contributed by atoms with Gasteiger partial charge in [-0.05, 0) is 49.1 Å². The summed E-state index contributed by atoms with van der Waals surface area (Å²) in [4.78, 5) is 15.7. The fourth-order valence-corrected chi connectivity index (χ4v) is 5.69. The molecule has 2 aromatic carbocycles. The quantitative estimate of drug-likeness (QED) is 0.753. The third-order valence-electron chi connectivity index (χ3n) is 7.28. The maximum absolute atomic E-state index is 13.6. The van der Waals surface area contributed by atoms with Crippen molar-refractivity contribution in [2.45, 2.75) is 50.9 Å². The minimum Gasteiger partial charge on any atom is -0.396 e. The van der Waals surface area contributed by atoms with Crippen molar-refractivity contribution in [1.82, 2.24) is 4.90 Å². The van der Waals surface area contributed by atoms with Gasteiger partial charge >= 0.3 is 0 Å². The Morgan fingerprint density at radius 2 is 1.55 bits per heavy atom. The van der Waals surface area contributed by atoms with Crippen molar-refractivity contribution in [2.24, 2.45) is 11.3 Å². The van der Waals surface area contributed by atoms with Crippen LogP contribution >= 0.6 is 0 Å². The molecular weight excluding hydrogens is 358 g/mol. The third-order valence-corrected chi connectivity index (χ3v) is 7.28. The summed E-state index contributed by atoms with van der Waals surface area (Å²) in [5.41, 5.74) is 2.31. The van der Waals surface area contributed by atoms with E-state index >= 15 is 0 Å². The van der Waals surface area contributed by atoms with Crippen molar-refractivity contribution < 1.29 is 9.90 Å². The van der Waals surface area contributed by atoms with Crippen LogP contribution < -0.4 is 0 Å². The van der Waals surface area contributed by atoms with Crippen molar-refractivity contribution in [3.05, 3.63) is 71.8 Å². The number of aliphatic hydroxyl groups excluding tert-OH is 1. The third kappa shape index (κ3) is 4.11. The summed E-state index contributed by atoms with van der Waals surface area (Å²) in [6.07, 6.45) is 7.15. The van der Waals surface area contributed by atoms with Crippen molar-refractivity contribution in [1.29, 1.82) is 0 Å². The molecule has 2 fully saturated rings. The number of piperidine rings is 1. The van der Waals surface area contributed by atoms with E-state index in [9.17, 15) is 9.90 Å². The van der Waals surface area contributed by atoms with Gasteiger partial charge in [-0.1, -0.05) is 73.5 Å². The van der Waals surface area contributed by atoms with Crippen LogP contribution in [0.2, 0.25) is 0 Å². The van der Waals surface area contributed by atoms with Gasteiger partial charge in [0.05, 0.1) is 5.41 Å². The van der Waals surface area contributed by atoms with Crippen LogP contribution in [0.1, 0.15) is 62.0 Å². The minimum atomic E-state index is -0.305. The largest absolute Gasteiger partial charge is 0.396 e. The fourth-order valence-electron chi connectivity index (χ4n) is 5.69. The molecule has 4 rings (SSSR count). The Balaban J connectivity index is 1.52. The molecule has 1 saturated heterocycles. The normalized spacial score (nSPS) is 25.0. The number of aliphatic hydroxyl groups is 1. The van der Waals surface area contributed by atoms with Crippen LogP contribution in [0.5, 0.6) is 0 Å². The fraction of sp³-hybridized carbons (Fsp3) is 0.500. The lowest BCUT2D eigenvalue weighted by molar-refractivity contribution is -0.155. The van der Waals surface area contributed by atoms with E-state index in [0.29, 0.717) is 11.8 Å². The van der Waals surface area contributed by atoms with Gasteiger partial charge in [0.2, 0.25) is 5.91 Å². The topological polar surface area (TPSA) is 40.5 Å². The molecule has 154 valence electrons. The van der Waals surface area contributed by atoms with E-state index in [1.807, 2.05) is 0 Å². The number of rotatable bonds is 6. The number of carbonyl (C=O) groups excluding carboxylic acids is 1. The molecule has 1 spiro atoms. The second-order valence-corrected chi connectivity index (χ2v) is 8.84. The number of hydrogen-bond donors (Lipinski definition) is 1. The van der Waals surface area contributed by atoms with Gasteiger partial charge in [-0.25, -0.2) is 0 Å². The summed E-state index contributed by atoms with van der Waals surface area (Å²) in [6.45, 7) is 1.79. The molecule has 1 aliphatic heterocycles. The maximum atomic E-state index is 13.6. The molecule has 3 heteroatoms. The van der Waals surface area contributed by atoms with Crippen LogP contribution in [0.25, 0.3) is 0 Å². The first-order chi connectivity index (χ1) is 14.2. The van der Waals surface area contributed by atoms with Crippen LogP contribution in [0, 0.1) is 11.3 Å². The molecule has 0 unspecified atom stereocenters.